The molecule has 0 saturated carbocycles. The monoisotopic (exact) mass is 455 g/mol. The van der Waals surface area contributed by atoms with Crippen LogP contribution in [0, 0.1) is 5.82 Å². The summed E-state index contributed by atoms with van der Waals surface area (Å²) in [6, 6.07) is 21.0. The van der Waals surface area contributed by atoms with Gasteiger partial charge in [-0.05, 0) is 48.0 Å². The third kappa shape index (κ3) is 4.41. The number of carbonyl (C=O) groups excluding carboxylic acids is 1. The lowest BCUT2D eigenvalue weighted by Gasteiger charge is -2.13. The summed E-state index contributed by atoms with van der Waals surface area (Å²) >= 11 is 12.7. The molecule has 3 aromatic rings. The lowest BCUT2D eigenvalue weighted by Crippen LogP contribution is -2.27. The molecule has 1 heterocycles. The summed E-state index contributed by atoms with van der Waals surface area (Å²) in [6.07, 6.45) is 1.77. The average Bonchev–Trinajstić information content (AvgIpc) is 3.01. The topological polar surface area (TPSA) is 29.5 Å². The molecule has 4 rings (SSSR count). The molecule has 150 valence electrons. The molecule has 1 amide bonds. The van der Waals surface area contributed by atoms with E-state index >= 15 is 0 Å². The molecule has 7 heteroatoms. The molecule has 3 aromatic carbocycles. The van der Waals surface area contributed by atoms with Crippen molar-refractivity contribution < 1.29 is 13.9 Å². The normalized spacial score (nSPS) is 15.1. The first-order valence-corrected chi connectivity index (χ1v) is 10.6. The van der Waals surface area contributed by atoms with Gasteiger partial charge >= 0.3 is 0 Å². The Morgan fingerprint density at radius 1 is 1.07 bits per heavy atom. The zero-order valence-electron chi connectivity index (χ0n) is 15.5. The number of thiocarbonyl (C=S) groups is 1. The van der Waals surface area contributed by atoms with Crippen molar-refractivity contribution in [3.8, 4) is 5.75 Å². The van der Waals surface area contributed by atoms with E-state index in [0.29, 0.717) is 25.6 Å². The Balaban J connectivity index is 1.52. The van der Waals surface area contributed by atoms with Crippen LogP contribution in [-0.4, -0.2) is 10.2 Å². The van der Waals surface area contributed by atoms with Crippen molar-refractivity contribution in [2.75, 3.05) is 4.90 Å². The van der Waals surface area contributed by atoms with Crippen molar-refractivity contribution in [1.82, 2.24) is 0 Å². The van der Waals surface area contributed by atoms with Crippen LogP contribution in [0.4, 0.5) is 10.1 Å². The van der Waals surface area contributed by atoms with E-state index in [1.807, 2.05) is 42.5 Å². The molecule has 0 aliphatic carbocycles. The molecule has 1 fully saturated rings. The van der Waals surface area contributed by atoms with Crippen molar-refractivity contribution in [3.05, 3.63) is 99.7 Å². The largest absolute Gasteiger partial charge is 0.489 e. The van der Waals surface area contributed by atoms with Crippen LogP contribution in [0.2, 0.25) is 5.02 Å². The minimum absolute atomic E-state index is 0.00504. The van der Waals surface area contributed by atoms with Gasteiger partial charge in [0.25, 0.3) is 5.91 Å². The molecule has 0 unspecified atom stereocenters. The van der Waals surface area contributed by atoms with Gasteiger partial charge in [0, 0.05) is 5.56 Å². The van der Waals surface area contributed by atoms with Crippen molar-refractivity contribution in [3.63, 3.8) is 0 Å². The van der Waals surface area contributed by atoms with E-state index in [4.69, 9.17) is 28.6 Å². The predicted octanol–water partition coefficient (Wildman–Crippen LogP) is 6.46. The van der Waals surface area contributed by atoms with E-state index in [2.05, 4.69) is 0 Å². The molecule has 0 bridgehead atoms. The number of halogens is 2. The second kappa shape index (κ2) is 9.00. The van der Waals surface area contributed by atoms with Gasteiger partial charge in [-0.15, -0.1) is 0 Å². The molecule has 1 saturated heterocycles. The first-order chi connectivity index (χ1) is 14.5. The third-order valence-corrected chi connectivity index (χ3v) is 6.07. The summed E-state index contributed by atoms with van der Waals surface area (Å²) in [5.74, 6) is -0.0366. The van der Waals surface area contributed by atoms with Gasteiger partial charge in [-0.1, -0.05) is 72.0 Å². The van der Waals surface area contributed by atoms with Gasteiger partial charge in [0.15, 0.2) is 4.32 Å². The molecule has 0 radical (unpaired) electrons. The highest BCUT2D eigenvalue weighted by Gasteiger charge is 2.33. The number of amides is 1. The highest BCUT2D eigenvalue weighted by molar-refractivity contribution is 8.27. The maximum atomic E-state index is 13.9. The zero-order valence-corrected chi connectivity index (χ0v) is 17.9. The highest BCUT2D eigenvalue weighted by atomic mass is 35.5. The number of carbonyl (C=O) groups is 1. The van der Waals surface area contributed by atoms with Crippen molar-refractivity contribution in [2.24, 2.45) is 0 Å². The minimum atomic E-state index is -0.414. The molecule has 0 aromatic heterocycles. The van der Waals surface area contributed by atoms with Crippen LogP contribution in [0.1, 0.15) is 11.1 Å². The summed E-state index contributed by atoms with van der Waals surface area (Å²) in [5, 5.41) is 0.316. The predicted molar refractivity (Wildman–Crippen MR) is 124 cm³/mol. The number of rotatable bonds is 5. The van der Waals surface area contributed by atoms with E-state index in [0.717, 1.165) is 11.3 Å². The molecule has 0 N–H and O–H groups in total. The van der Waals surface area contributed by atoms with Crippen molar-refractivity contribution in [2.45, 2.75) is 6.61 Å². The van der Waals surface area contributed by atoms with E-state index < -0.39 is 5.82 Å². The second-order valence-electron chi connectivity index (χ2n) is 6.41. The highest BCUT2D eigenvalue weighted by Crippen LogP contribution is 2.36. The number of thioether (sulfide) groups is 1. The SMILES string of the molecule is O=C1/C(=C\c2cccc(OCc3c(F)cccc3Cl)c2)SC(=S)N1c1ccccc1. The van der Waals surface area contributed by atoms with Gasteiger partial charge < -0.3 is 4.74 Å². The van der Waals surface area contributed by atoms with E-state index in [9.17, 15) is 9.18 Å². The molecule has 30 heavy (non-hydrogen) atoms. The molecular weight excluding hydrogens is 441 g/mol. The molecule has 3 nitrogen and oxygen atoms in total. The first kappa shape index (κ1) is 20.6. The van der Waals surface area contributed by atoms with Crippen LogP contribution in [0.3, 0.4) is 0 Å². The fourth-order valence-electron chi connectivity index (χ4n) is 2.94. The quantitative estimate of drug-likeness (QED) is 0.326. The Morgan fingerprint density at radius 2 is 1.83 bits per heavy atom. The van der Waals surface area contributed by atoms with Crippen molar-refractivity contribution >= 4 is 57.6 Å². The van der Waals surface area contributed by atoms with Gasteiger partial charge in [-0.2, -0.15) is 0 Å². The first-order valence-electron chi connectivity index (χ1n) is 9.02. The zero-order chi connectivity index (χ0) is 21.1. The lowest BCUT2D eigenvalue weighted by atomic mass is 10.2. The van der Waals surface area contributed by atoms with Gasteiger partial charge in [-0.25, -0.2) is 4.39 Å². The van der Waals surface area contributed by atoms with Crippen LogP contribution in [-0.2, 0) is 11.4 Å². The Hall–Kier alpha value is -2.67. The molecular formula is C23H15ClFNO2S2. The lowest BCUT2D eigenvalue weighted by molar-refractivity contribution is -0.113. The number of ether oxygens (including phenoxy) is 1. The van der Waals surface area contributed by atoms with Crippen LogP contribution in [0.5, 0.6) is 5.75 Å². The van der Waals surface area contributed by atoms with Gasteiger partial charge in [-0.3, -0.25) is 9.69 Å². The van der Waals surface area contributed by atoms with Gasteiger partial charge in [0.1, 0.15) is 18.2 Å². The van der Waals surface area contributed by atoms with Crippen molar-refractivity contribution in [1.29, 1.82) is 0 Å². The maximum Gasteiger partial charge on any atom is 0.270 e. The summed E-state index contributed by atoms with van der Waals surface area (Å²) in [7, 11) is 0. The number of hydrogen-bond acceptors (Lipinski definition) is 4. The molecule has 1 aliphatic heterocycles. The van der Waals surface area contributed by atoms with E-state index in [1.54, 1.807) is 30.3 Å². The Bertz CT molecular complexity index is 1130. The summed E-state index contributed by atoms with van der Waals surface area (Å²) in [4.78, 5) is 14.9. The van der Waals surface area contributed by atoms with Crippen LogP contribution < -0.4 is 9.64 Å². The fraction of sp³-hybridized carbons (Fsp3) is 0.0435. The number of benzene rings is 3. The Labute approximate surface area is 188 Å². The minimum Gasteiger partial charge on any atom is -0.489 e. The van der Waals surface area contributed by atoms with Crippen LogP contribution >= 0.6 is 35.6 Å². The molecule has 0 atom stereocenters. The standard InChI is InChI=1S/C23H15ClFNO2S2/c24-19-10-5-11-20(25)18(19)14-28-17-9-4-6-15(12-17)13-21-22(27)26(23(29)30-21)16-7-2-1-3-8-16/h1-13H,14H2/b21-13+. The number of hydrogen-bond donors (Lipinski definition) is 0. The second-order valence-corrected chi connectivity index (χ2v) is 8.50. The average molecular weight is 456 g/mol. The molecule has 1 aliphatic rings. The fourth-order valence-corrected chi connectivity index (χ4v) is 4.46. The summed E-state index contributed by atoms with van der Waals surface area (Å²) in [5.41, 5.74) is 1.82. The maximum absolute atomic E-state index is 13.9. The van der Waals surface area contributed by atoms with E-state index in [1.165, 1.54) is 22.7 Å². The van der Waals surface area contributed by atoms with Crippen LogP contribution in [0.15, 0.2) is 77.7 Å². The Kier molecular flexibility index (Phi) is 6.18. The number of anilines is 1. The smallest absolute Gasteiger partial charge is 0.270 e. The van der Waals surface area contributed by atoms with Gasteiger partial charge in [0.2, 0.25) is 0 Å². The third-order valence-electron chi connectivity index (χ3n) is 4.41. The Morgan fingerprint density at radius 3 is 2.60 bits per heavy atom. The van der Waals surface area contributed by atoms with E-state index in [-0.39, 0.29) is 12.5 Å². The van der Waals surface area contributed by atoms with Gasteiger partial charge in [0.05, 0.1) is 15.6 Å². The number of nitrogens with zero attached hydrogens (tertiary/aromatic N) is 1. The van der Waals surface area contributed by atoms with Crippen LogP contribution in [0.25, 0.3) is 6.08 Å². The summed E-state index contributed by atoms with van der Waals surface area (Å²) < 4.78 is 20.1. The summed E-state index contributed by atoms with van der Waals surface area (Å²) in [6.45, 7) is 0.00504. The number of para-hydroxylation sites is 1. The molecule has 0 spiro atoms.